The highest BCUT2D eigenvalue weighted by Crippen LogP contribution is 2.22. The SMILES string of the molecule is C[C@H](OC(=O)c1ccc(N2CCCC2=O)cc1)C(=O)Nc1cccnc1Cl. The van der Waals surface area contributed by atoms with Gasteiger partial charge in [0, 0.05) is 24.8 Å². The number of halogens is 1. The Balaban J connectivity index is 1.60. The molecule has 0 radical (unpaired) electrons. The van der Waals surface area contributed by atoms with Gasteiger partial charge in [0.2, 0.25) is 5.91 Å². The summed E-state index contributed by atoms with van der Waals surface area (Å²) in [6.45, 7) is 2.14. The second-order valence-electron chi connectivity index (χ2n) is 6.07. The third-order valence-electron chi connectivity index (χ3n) is 4.16. The zero-order valence-electron chi connectivity index (χ0n) is 14.6. The van der Waals surface area contributed by atoms with E-state index in [-0.39, 0.29) is 11.1 Å². The topological polar surface area (TPSA) is 88.6 Å². The summed E-state index contributed by atoms with van der Waals surface area (Å²) in [6, 6.07) is 9.77. The Kier molecular flexibility index (Phi) is 5.71. The van der Waals surface area contributed by atoms with Gasteiger partial charge in [0.25, 0.3) is 5.91 Å². The summed E-state index contributed by atoms with van der Waals surface area (Å²) in [4.78, 5) is 41.7. The lowest BCUT2D eigenvalue weighted by atomic mass is 10.2. The molecule has 1 N–H and O–H groups in total. The van der Waals surface area contributed by atoms with Crippen molar-refractivity contribution in [2.75, 3.05) is 16.8 Å². The van der Waals surface area contributed by atoms with Gasteiger partial charge in [0.05, 0.1) is 11.3 Å². The maximum Gasteiger partial charge on any atom is 0.338 e. The molecule has 1 aromatic carbocycles. The average molecular weight is 388 g/mol. The first kappa shape index (κ1) is 18.8. The summed E-state index contributed by atoms with van der Waals surface area (Å²) < 4.78 is 5.20. The Hall–Kier alpha value is -2.93. The van der Waals surface area contributed by atoms with Crippen LogP contribution in [0.2, 0.25) is 5.15 Å². The molecule has 3 rings (SSSR count). The molecule has 1 aromatic heterocycles. The largest absolute Gasteiger partial charge is 0.449 e. The number of ether oxygens (including phenoxy) is 1. The van der Waals surface area contributed by atoms with Gasteiger partial charge >= 0.3 is 5.97 Å². The van der Waals surface area contributed by atoms with Crippen molar-refractivity contribution in [2.24, 2.45) is 0 Å². The number of hydrogen-bond acceptors (Lipinski definition) is 5. The number of benzene rings is 1. The molecule has 0 saturated carbocycles. The molecule has 0 unspecified atom stereocenters. The van der Waals surface area contributed by atoms with E-state index in [1.807, 2.05) is 0 Å². The fraction of sp³-hybridized carbons (Fsp3) is 0.263. The lowest BCUT2D eigenvalue weighted by Gasteiger charge is -2.16. The lowest BCUT2D eigenvalue weighted by Crippen LogP contribution is -2.30. The van der Waals surface area contributed by atoms with E-state index in [1.165, 1.54) is 13.1 Å². The van der Waals surface area contributed by atoms with Crippen molar-refractivity contribution < 1.29 is 19.1 Å². The van der Waals surface area contributed by atoms with Crippen LogP contribution < -0.4 is 10.2 Å². The van der Waals surface area contributed by atoms with E-state index >= 15 is 0 Å². The van der Waals surface area contributed by atoms with E-state index in [4.69, 9.17) is 16.3 Å². The first-order valence-electron chi connectivity index (χ1n) is 8.48. The normalized spacial score (nSPS) is 14.7. The Labute approximate surface area is 161 Å². The molecule has 0 spiro atoms. The van der Waals surface area contributed by atoms with Crippen molar-refractivity contribution >= 4 is 40.8 Å². The minimum atomic E-state index is -1.02. The van der Waals surface area contributed by atoms with E-state index in [0.717, 1.165) is 12.1 Å². The first-order valence-corrected chi connectivity index (χ1v) is 8.86. The number of carbonyl (C=O) groups is 3. The highest BCUT2D eigenvalue weighted by molar-refractivity contribution is 6.32. The monoisotopic (exact) mass is 387 g/mol. The fourth-order valence-corrected chi connectivity index (χ4v) is 2.86. The minimum absolute atomic E-state index is 0.0738. The molecule has 27 heavy (non-hydrogen) atoms. The summed E-state index contributed by atoms with van der Waals surface area (Å²) >= 11 is 5.89. The van der Waals surface area contributed by atoms with Crippen LogP contribution in [0.4, 0.5) is 11.4 Å². The van der Waals surface area contributed by atoms with Crippen LogP contribution in [-0.4, -0.2) is 35.4 Å². The quantitative estimate of drug-likeness (QED) is 0.629. The van der Waals surface area contributed by atoms with Gasteiger partial charge in [-0.05, 0) is 49.7 Å². The molecule has 1 aliphatic rings. The number of anilines is 2. The molecule has 1 aliphatic heterocycles. The van der Waals surface area contributed by atoms with E-state index in [9.17, 15) is 14.4 Å². The van der Waals surface area contributed by atoms with Crippen LogP contribution >= 0.6 is 11.6 Å². The van der Waals surface area contributed by atoms with Crippen molar-refractivity contribution in [2.45, 2.75) is 25.9 Å². The lowest BCUT2D eigenvalue weighted by molar-refractivity contribution is -0.123. The second kappa shape index (κ2) is 8.18. The molecule has 7 nitrogen and oxygen atoms in total. The maximum atomic E-state index is 12.3. The molecule has 2 heterocycles. The zero-order chi connectivity index (χ0) is 19.4. The number of nitrogens with one attached hydrogen (secondary N) is 1. The molecule has 140 valence electrons. The molecule has 0 aliphatic carbocycles. The van der Waals surface area contributed by atoms with Crippen molar-refractivity contribution in [1.82, 2.24) is 4.98 Å². The van der Waals surface area contributed by atoms with Crippen LogP contribution in [0.5, 0.6) is 0 Å². The van der Waals surface area contributed by atoms with Crippen molar-refractivity contribution in [3.05, 3.63) is 53.3 Å². The third kappa shape index (κ3) is 4.43. The highest BCUT2D eigenvalue weighted by atomic mass is 35.5. The van der Waals surface area contributed by atoms with Crippen molar-refractivity contribution in [3.8, 4) is 0 Å². The molecule has 1 saturated heterocycles. The van der Waals surface area contributed by atoms with E-state index < -0.39 is 18.0 Å². The van der Waals surface area contributed by atoms with Crippen LogP contribution in [0.3, 0.4) is 0 Å². The standard InChI is InChI=1S/C19H18ClN3O4/c1-12(18(25)22-15-4-2-10-21-17(15)20)27-19(26)13-6-8-14(9-7-13)23-11-3-5-16(23)24/h2,4,6-10,12H,3,5,11H2,1H3,(H,22,25)/t12-/m0/s1. The summed E-state index contributed by atoms with van der Waals surface area (Å²) in [5.74, 6) is -1.07. The Morgan fingerprint density at radius 1 is 1.26 bits per heavy atom. The molecular formula is C19H18ClN3O4. The number of carbonyl (C=O) groups excluding carboxylic acids is 3. The van der Waals surface area contributed by atoms with Gasteiger partial charge < -0.3 is 15.0 Å². The van der Waals surface area contributed by atoms with E-state index in [2.05, 4.69) is 10.3 Å². The highest BCUT2D eigenvalue weighted by Gasteiger charge is 2.23. The van der Waals surface area contributed by atoms with Gasteiger partial charge in [0.15, 0.2) is 11.3 Å². The number of esters is 1. The van der Waals surface area contributed by atoms with Crippen molar-refractivity contribution in [3.63, 3.8) is 0 Å². The Morgan fingerprint density at radius 3 is 2.63 bits per heavy atom. The van der Waals surface area contributed by atoms with Crippen LogP contribution in [-0.2, 0) is 14.3 Å². The van der Waals surface area contributed by atoms with Gasteiger partial charge in [-0.15, -0.1) is 0 Å². The van der Waals surface area contributed by atoms with Crippen LogP contribution in [0.1, 0.15) is 30.1 Å². The first-order chi connectivity index (χ1) is 13.0. The summed E-state index contributed by atoms with van der Waals surface area (Å²) in [5, 5.41) is 2.71. The van der Waals surface area contributed by atoms with Crippen LogP contribution in [0.15, 0.2) is 42.6 Å². The summed E-state index contributed by atoms with van der Waals surface area (Å²) in [7, 11) is 0. The van der Waals surface area contributed by atoms with Crippen LogP contribution in [0.25, 0.3) is 0 Å². The van der Waals surface area contributed by atoms with Gasteiger partial charge in [-0.2, -0.15) is 0 Å². The molecule has 2 amide bonds. The number of nitrogens with zero attached hydrogens (tertiary/aromatic N) is 2. The van der Waals surface area contributed by atoms with Gasteiger partial charge in [0.1, 0.15) is 0 Å². The minimum Gasteiger partial charge on any atom is -0.449 e. The molecule has 8 heteroatoms. The van der Waals surface area contributed by atoms with E-state index in [1.54, 1.807) is 41.3 Å². The second-order valence-corrected chi connectivity index (χ2v) is 6.43. The fourth-order valence-electron chi connectivity index (χ4n) is 2.69. The predicted octanol–water partition coefficient (Wildman–Crippen LogP) is 3.05. The maximum absolute atomic E-state index is 12.3. The summed E-state index contributed by atoms with van der Waals surface area (Å²) in [5.41, 5.74) is 1.38. The smallest absolute Gasteiger partial charge is 0.338 e. The van der Waals surface area contributed by atoms with Gasteiger partial charge in [-0.3, -0.25) is 9.59 Å². The predicted molar refractivity (Wildman–Crippen MR) is 101 cm³/mol. The molecule has 2 aromatic rings. The van der Waals surface area contributed by atoms with Gasteiger partial charge in [-0.25, -0.2) is 9.78 Å². The third-order valence-corrected chi connectivity index (χ3v) is 4.46. The number of rotatable bonds is 5. The summed E-state index contributed by atoms with van der Waals surface area (Å²) in [6.07, 6.45) is 1.85. The molecule has 0 bridgehead atoms. The van der Waals surface area contributed by atoms with Crippen LogP contribution in [0, 0.1) is 0 Å². The zero-order valence-corrected chi connectivity index (χ0v) is 15.4. The van der Waals surface area contributed by atoms with Gasteiger partial charge in [-0.1, -0.05) is 11.6 Å². The Bertz CT molecular complexity index is 870. The molecular weight excluding hydrogens is 370 g/mol. The average Bonchev–Trinajstić information content (AvgIpc) is 3.09. The number of amides is 2. The number of aromatic nitrogens is 1. The molecule has 1 atom stereocenters. The number of pyridine rings is 1. The van der Waals surface area contributed by atoms with E-state index in [0.29, 0.717) is 24.2 Å². The molecule has 1 fully saturated rings. The van der Waals surface area contributed by atoms with Crippen molar-refractivity contribution in [1.29, 1.82) is 0 Å². The Morgan fingerprint density at radius 2 is 2.00 bits per heavy atom. The number of hydrogen-bond donors (Lipinski definition) is 1.